The molecule has 1 unspecified atom stereocenters. The molecule has 0 saturated heterocycles. The number of β-amino-alcohol motifs (C(OH)–C–C–N with tert-alkyl or cyclic N) is 1. The molecular weight excluding hydrogens is 195 g/mol. The van der Waals surface area contributed by atoms with Gasteiger partial charge in [-0.2, -0.15) is 0 Å². The van der Waals surface area contributed by atoms with Crippen LogP contribution >= 0.6 is 0 Å². The Morgan fingerprint density at radius 2 is 2.60 bits per heavy atom. The fourth-order valence-corrected chi connectivity index (χ4v) is 1.68. The second-order valence-electron chi connectivity index (χ2n) is 3.52. The zero-order valence-electron chi connectivity index (χ0n) is 8.17. The van der Waals surface area contributed by atoms with Crippen LogP contribution in [0.5, 0.6) is 0 Å². The molecule has 0 amide bonds. The molecule has 1 N–H and O–H groups in total. The summed E-state index contributed by atoms with van der Waals surface area (Å²) in [6.07, 6.45) is 7.17. The molecule has 6 heteroatoms. The highest BCUT2D eigenvalue weighted by molar-refractivity contribution is 6.64. The van der Waals surface area contributed by atoms with E-state index in [4.69, 9.17) is 4.42 Å². The fourth-order valence-electron chi connectivity index (χ4n) is 1.68. The number of carbonyl (C=O) groups excluding carboxylic acids is 1. The van der Waals surface area contributed by atoms with Gasteiger partial charge in [0.05, 0.1) is 12.4 Å². The predicted octanol–water partition coefficient (Wildman–Crippen LogP) is -0.724. The lowest BCUT2D eigenvalue weighted by atomic mass is 9.88. The van der Waals surface area contributed by atoms with Crippen LogP contribution in [0, 0.1) is 0 Å². The first-order chi connectivity index (χ1) is 7.24. The summed E-state index contributed by atoms with van der Waals surface area (Å²) in [4.78, 5) is 16.1. The van der Waals surface area contributed by atoms with Gasteiger partial charge in [-0.05, 0) is 6.08 Å². The van der Waals surface area contributed by atoms with Crippen molar-refractivity contribution in [1.29, 1.82) is 0 Å². The second kappa shape index (κ2) is 4.00. The Labute approximate surface area is 87.7 Å². The van der Waals surface area contributed by atoms with E-state index in [1.807, 2.05) is 4.81 Å². The first kappa shape index (κ1) is 10.1. The maximum Gasteiger partial charge on any atom is 0.281 e. The summed E-state index contributed by atoms with van der Waals surface area (Å²) in [5, 5.41) is 10.2. The lowest BCUT2D eigenvalue weighted by Crippen LogP contribution is -2.45. The van der Waals surface area contributed by atoms with E-state index in [9.17, 15) is 9.90 Å². The zero-order valence-corrected chi connectivity index (χ0v) is 8.17. The van der Waals surface area contributed by atoms with Crippen LogP contribution in [0.2, 0.25) is 0 Å². The molecule has 15 heavy (non-hydrogen) atoms. The quantitative estimate of drug-likeness (QED) is 0.401. The summed E-state index contributed by atoms with van der Waals surface area (Å²) in [6.45, 7) is 0.977. The molecule has 1 aromatic rings. The average Bonchev–Trinajstić information content (AvgIpc) is 2.71. The molecular formula is C9H11BN2O3. The highest BCUT2D eigenvalue weighted by Crippen LogP contribution is 2.24. The molecule has 0 aliphatic carbocycles. The van der Waals surface area contributed by atoms with Crippen molar-refractivity contribution in [3.05, 3.63) is 30.5 Å². The normalized spacial score (nSPS) is 26.5. The van der Waals surface area contributed by atoms with Crippen molar-refractivity contribution >= 4 is 13.6 Å². The van der Waals surface area contributed by atoms with Gasteiger partial charge in [0.25, 0.3) is 7.41 Å². The third-order valence-electron chi connectivity index (χ3n) is 2.36. The zero-order chi connectivity index (χ0) is 10.7. The smallest absolute Gasteiger partial charge is 0.281 e. The van der Waals surface area contributed by atoms with Crippen molar-refractivity contribution in [2.75, 3.05) is 13.1 Å². The molecule has 1 aromatic heterocycles. The number of hydrogen-bond donors (Lipinski definition) is 1. The van der Waals surface area contributed by atoms with E-state index in [1.165, 1.54) is 12.5 Å². The summed E-state index contributed by atoms with van der Waals surface area (Å²) in [7, 11) is 0.299. The molecule has 0 bridgehead atoms. The Kier molecular flexibility index (Phi) is 2.70. The summed E-state index contributed by atoms with van der Waals surface area (Å²) < 4.78 is 5.08. The topological polar surface area (TPSA) is 66.6 Å². The van der Waals surface area contributed by atoms with E-state index < -0.39 is 5.60 Å². The van der Waals surface area contributed by atoms with Gasteiger partial charge in [-0.15, -0.1) is 0 Å². The number of rotatable bonds is 3. The van der Waals surface area contributed by atoms with Crippen molar-refractivity contribution in [2.45, 2.75) is 5.60 Å². The Hall–Kier alpha value is -1.40. The molecule has 0 saturated carbocycles. The van der Waals surface area contributed by atoms with Gasteiger partial charge in [-0.3, -0.25) is 0 Å². The van der Waals surface area contributed by atoms with Crippen molar-refractivity contribution in [2.24, 2.45) is 0 Å². The average molecular weight is 206 g/mol. The molecule has 2 heterocycles. The van der Waals surface area contributed by atoms with Gasteiger partial charge in [0.2, 0.25) is 5.89 Å². The molecule has 5 nitrogen and oxygen atoms in total. The van der Waals surface area contributed by atoms with E-state index in [-0.39, 0.29) is 5.89 Å². The SMILES string of the molecule is O=CBN1CC=CC(O)(c2ncco2)C1. The Bertz CT molecular complexity index is 365. The minimum Gasteiger partial charge on any atom is -0.446 e. The van der Waals surface area contributed by atoms with Crippen LogP contribution in [0.25, 0.3) is 0 Å². The molecule has 1 atom stereocenters. The third-order valence-corrected chi connectivity index (χ3v) is 2.36. The minimum absolute atomic E-state index is 0.259. The first-order valence-corrected chi connectivity index (χ1v) is 4.71. The van der Waals surface area contributed by atoms with Gasteiger partial charge in [0, 0.05) is 13.1 Å². The predicted molar refractivity (Wildman–Crippen MR) is 55.0 cm³/mol. The van der Waals surface area contributed by atoms with Gasteiger partial charge in [-0.1, -0.05) is 6.08 Å². The number of carbonyl (C=O) groups is 1. The largest absolute Gasteiger partial charge is 0.446 e. The monoisotopic (exact) mass is 206 g/mol. The van der Waals surface area contributed by atoms with E-state index in [1.54, 1.807) is 12.2 Å². The molecule has 0 aromatic carbocycles. The van der Waals surface area contributed by atoms with Gasteiger partial charge in [-0.25, -0.2) is 4.98 Å². The molecule has 0 fully saturated rings. The standard InChI is InChI=1S/C9H11BN2O3/c13-7-10-12-4-1-2-9(14,6-12)8-11-3-5-15-8/h1-3,5,7,10,14H,4,6H2. The van der Waals surface area contributed by atoms with Crippen LogP contribution in [0.4, 0.5) is 0 Å². The van der Waals surface area contributed by atoms with Gasteiger partial charge in [0.15, 0.2) is 5.60 Å². The van der Waals surface area contributed by atoms with Crippen LogP contribution < -0.4 is 0 Å². The lowest BCUT2D eigenvalue weighted by Gasteiger charge is -2.31. The Morgan fingerprint density at radius 3 is 3.27 bits per heavy atom. The van der Waals surface area contributed by atoms with Crippen LogP contribution in [0.1, 0.15) is 5.89 Å². The molecule has 2 rings (SSSR count). The second-order valence-corrected chi connectivity index (χ2v) is 3.52. The lowest BCUT2D eigenvalue weighted by molar-refractivity contribution is 0.0355. The van der Waals surface area contributed by atoms with E-state index in [2.05, 4.69) is 4.98 Å². The molecule has 1 aliphatic heterocycles. The highest BCUT2D eigenvalue weighted by atomic mass is 16.4. The number of aliphatic hydroxyl groups is 1. The number of hydrogen-bond acceptors (Lipinski definition) is 5. The van der Waals surface area contributed by atoms with Gasteiger partial charge >= 0.3 is 0 Å². The van der Waals surface area contributed by atoms with E-state index in [0.29, 0.717) is 20.5 Å². The first-order valence-electron chi connectivity index (χ1n) is 4.71. The van der Waals surface area contributed by atoms with Gasteiger partial charge in [0.1, 0.15) is 6.26 Å². The molecule has 78 valence electrons. The molecule has 0 radical (unpaired) electrons. The van der Waals surface area contributed by atoms with Crippen molar-refractivity contribution in [3.63, 3.8) is 0 Å². The van der Waals surface area contributed by atoms with Crippen LogP contribution in [0.15, 0.2) is 29.0 Å². The third kappa shape index (κ3) is 2.00. The Balaban J connectivity index is 2.19. The highest BCUT2D eigenvalue weighted by Gasteiger charge is 2.35. The fraction of sp³-hybridized carbons (Fsp3) is 0.333. The Morgan fingerprint density at radius 1 is 1.73 bits per heavy atom. The summed E-state index contributed by atoms with van der Waals surface area (Å²) >= 11 is 0. The summed E-state index contributed by atoms with van der Waals surface area (Å²) in [5.74, 6) is 0.259. The maximum atomic E-state index is 10.4. The van der Waals surface area contributed by atoms with Gasteiger partial charge < -0.3 is 19.1 Å². The molecule has 0 spiro atoms. The van der Waals surface area contributed by atoms with E-state index >= 15 is 0 Å². The van der Waals surface area contributed by atoms with E-state index in [0.717, 1.165) is 6.19 Å². The van der Waals surface area contributed by atoms with Crippen molar-refractivity contribution in [1.82, 2.24) is 9.79 Å². The molecule has 1 aliphatic rings. The van der Waals surface area contributed by atoms with Crippen molar-refractivity contribution < 1.29 is 14.3 Å². The van der Waals surface area contributed by atoms with Crippen LogP contribution in [0.3, 0.4) is 0 Å². The van der Waals surface area contributed by atoms with Crippen LogP contribution in [-0.4, -0.2) is 41.6 Å². The van der Waals surface area contributed by atoms with Crippen molar-refractivity contribution in [3.8, 4) is 0 Å². The minimum atomic E-state index is -1.22. The number of oxazole rings is 1. The van der Waals surface area contributed by atoms with Crippen LogP contribution in [-0.2, 0) is 10.4 Å². The maximum absolute atomic E-state index is 10.4. The number of aromatic nitrogens is 1. The number of nitrogens with zero attached hydrogens (tertiary/aromatic N) is 2. The summed E-state index contributed by atoms with van der Waals surface area (Å²) in [6, 6.07) is 0. The summed E-state index contributed by atoms with van der Waals surface area (Å²) in [5.41, 5.74) is -1.22.